The van der Waals surface area contributed by atoms with Gasteiger partial charge in [0.15, 0.2) is 0 Å². The van der Waals surface area contributed by atoms with Gasteiger partial charge >= 0.3 is 0 Å². The van der Waals surface area contributed by atoms with Crippen LogP contribution in [0.15, 0.2) is 64.5 Å². The zero-order chi connectivity index (χ0) is 12.9. The highest BCUT2D eigenvalue weighted by Crippen LogP contribution is 2.24. The lowest BCUT2D eigenvalue weighted by atomic mass is 10.2. The van der Waals surface area contributed by atoms with Crippen molar-refractivity contribution in [3.05, 3.63) is 60.4 Å². The molecule has 2 aromatic heterocycles. The molecule has 0 amide bonds. The zero-order valence-corrected chi connectivity index (χ0v) is 12.0. The Labute approximate surface area is 127 Å². The number of pyridine rings is 1. The molecular formula is C14H11ClN3OS-. The second-order valence-corrected chi connectivity index (χ2v) is 4.82. The maximum Gasteiger partial charge on any atom is 0.277 e. The highest BCUT2D eigenvalue weighted by molar-refractivity contribution is 7.98. The first-order chi connectivity index (χ1) is 9.42. The van der Waals surface area contributed by atoms with Gasteiger partial charge in [-0.15, -0.1) is 10.2 Å². The van der Waals surface area contributed by atoms with Crippen LogP contribution in [0.1, 0.15) is 5.56 Å². The Hall–Kier alpha value is -1.85. The van der Waals surface area contributed by atoms with E-state index < -0.39 is 0 Å². The molecule has 0 atom stereocenters. The molecule has 20 heavy (non-hydrogen) atoms. The molecule has 2 heterocycles. The van der Waals surface area contributed by atoms with Crippen LogP contribution < -0.4 is 12.4 Å². The number of hydrogen-bond acceptors (Lipinski definition) is 5. The Morgan fingerprint density at radius 2 is 1.85 bits per heavy atom. The number of benzene rings is 1. The van der Waals surface area contributed by atoms with E-state index in [4.69, 9.17) is 4.42 Å². The van der Waals surface area contributed by atoms with Gasteiger partial charge in [-0.05, 0) is 17.7 Å². The molecule has 0 radical (unpaired) electrons. The van der Waals surface area contributed by atoms with Gasteiger partial charge in [0, 0.05) is 18.1 Å². The summed E-state index contributed by atoms with van der Waals surface area (Å²) in [5.74, 6) is 1.32. The summed E-state index contributed by atoms with van der Waals surface area (Å²) < 4.78 is 5.59. The molecule has 0 N–H and O–H groups in total. The first-order valence-electron chi connectivity index (χ1n) is 5.82. The van der Waals surface area contributed by atoms with Crippen LogP contribution in [-0.4, -0.2) is 15.2 Å². The molecule has 0 aliphatic heterocycles. The molecule has 0 saturated heterocycles. The minimum Gasteiger partial charge on any atom is -1.00 e. The molecule has 0 spiro atoms. The van der Waals surface area contributed by atoms with E-state index in [1.807, 2.05) is 30.3 Å². The molecule has 0 unspecified atom stereocenters. The summed E-state index contributed by atoms with van der Waals surface area (Å²) in [6.45, 7) is 0. The molecule has 0 fully saturated rings. The van der Waals surface area contributed by atoms with E-state index in [-0.39, 0.29) is 12.4 Å². The van der Waals surface area contributed by atoms with Gasteiger partial charge in [-0.2, -0.15) is 0 Å². The summed E-state index contributed by atoms with van der Waals surface area (Å²) in [5, 5.41) is 8.62. The van der Waals surface area contributed by atoms with E-state index in [0.29, 0.717) is 11.1 Å². The molecule has 3 aromatic rings. The fraction of sp³-hybridized carbons (Fsp3) is 0.0714. The van der Waals surface area contributed by atoms with Crippen molar-refractivity contribution in [1.82, 2.24) is 15.2 Å². The summed E-state index contributed by atoms with van der Waals surface area (Å²) in [6, 6.07) is 13.9. The molecule has 102 valence electrons. The number of thioether (sulfide) groups is 1. The van der Waals surface area contributed by atoms with Crippen molar-refractivity contribution in [1.29, 1.82) is 0 Å². The van der Waals surface area contributed by atoms with Crippen molar-refractivity contribution < 1.29 is 16.8 Å². The van der Waals surface area contributed by atoms with E-state index in [1.54, 1.807) is 12.4 Å². The Morgan fingerprint density at radius 1 is 1.00 bits per heavy atom. The van der Waals surface area contributed by atoms with E-state index in [1.165, 1.54) is 17.3 Å². The molecule has 0 bridgehead atoms. The zero-order valence-electron chi connectivity index (χ0n) is 10.4. The van der Waals surface area contributed by atoms with Crippen LogP contribution in [-0.2, 0) is 5.75 Å². The van der Waals surface area contributed by atoms with Crippen molar-refractivity contribution in [3.63, 3.8) is 0 Å². The Kier molecular flexibility index (Phi) is 5.15. The first-order valence-corrected chi connectivity index (χ1v) is 6.81. The number of hydrogen-bond donors (Lipinski definition) is 0. The highest BCUT2D eigenvalue weighted by atomic mass is 35.5. The molecular weight excluding hydrogens is 294 g/mol. The fourth-order valence-electron chi connectivity index (χ4n) is 1.59. The minimum atomic E-state index is 0. The Bertz CT molecular complexity index is 646. The van der Waals surface area contributed by atoms with Crippen LogP contribution in [0, 0.1) is 0 Å². The van der Waals surface area contributed by atoms with Crippen molar-refractivity contribution >= 4 is 11.8 Å². The quantitative estimate of drug-likeness (QED) is 0.654. The molecule has 6 heteroatoms. The summed E-state index contributed by atoms with van der Waals surface area (Å²) in [6.07, 6.45) is 3.42. The van der Waals surface area contributed by atoms with Gasteiger partial charge in [0.2, 0.25) is 5.89 Å². The third kappa shape index (κ3) is 3.59. The SMILES string of the molecule is [Cl-].c1ccc(CSc2nnc(-c3cccnc3)o2)cc1. The molecule has 4 nitrogen and oxygen atoms in total. The van der Waals surface area contributed by atoms with Crippen LogP contribution in [0.3, 0.4) is 0 Å². The lowest BCUT2D eigenvalue weighted by Crippen LogP contribution is -3.00. The topological polar surface area (TPSA) is 51.8 Å². The first kappa shape index (κ1) is 14.6. The van der Waals surface area contributed by atoms with Gasteiger partial charge in [0.05, 0.1) is 5.56 Å². The number of rotatable bonds is 4. The minimum absolute atomic E-state index is 0. The van der Waals surface area contributed by atoms with Crippen LogP contribution in [0.25, 0.3) is 11.5 Å². The number of aromatic nitrogens is 3. The predicted octanol–water partition coefficient (Wildman–Crippen LogP) is 0.428. The lowest BCUT2D eigenvalue weighted by molar-refractivity contribution is -0.00000442. The largest absolute Gasteiger partial charge is 1.00 e. The van der Waals surface area contributed by atoms with Gasteiger partial charge in [-0.3, -0.25) is 4.98 Å². The van der Waals surface area contributed by atoms with Gasteiger partial charge in [0.25, 0.3) is 5.22 Å². The van der Waals surface area contributed by atoms with E-state index in [9.17, 15) is 0 Å². The third-order valence-corrected chi connectivity index (χ3v) is 3.41. The van der Waals surface area contributed by atoms with Gasteiger partial charge < -0.3 is 16.8 Å². The average Bonchev–Trinajstić information content (AvgIpc) is 2.96. The van der Waals surface area contributed by atoms with Crippen LogP contribution in [0.4, 0.5) is 0 Å². The Morgan fingerprint density at radius 3 is 2.60 bits per heavy atom. The van der Waals surface area contributed by atoms with Gasteiger partial charge in [-0.25, -0.2) is 0 Å². The van der Waals surface area contributed by atoms with E-state index >= 15 is 0 Å². The number of halogens is 1. The molecule has 0 saturated carbocycles. The molecule has 3 rings (SSSR count). The van der Waals surface area contributed by atoms with Crippen molar-refractivity contribution in [2.75, 3.05) is 0 Å². The fourth-order valence-corrected chi connectivity index (χ4v) is 2.31. The van der Waals surface area contributed by atoms with Crippen molar-refractivity contribution in [2.24, 2.45) is 0 Å². The third-order valence-electron chi connectivity index (χ3n) is 2.52. The Balaban J connectivity index is 0.00000147. The van der Waals surface area contributed by atoms with E-state index in [2.05, 4.69) is 27.3 Å². The lowest BCUT2D eigenvalue weighted by Gasteiger charge is -1.96. The molecule has 0 aliphatic rings. The second-order valence-electron chi connectivity index (χ2n) is 3.89. The second kappa shape index (κ2) is 7.07. The maximum absolute atomic E-state index is 5.59. The average molecular weight is 305 g/mol. The summed E-state index contributed by atoms with van der Waals surface area (Å²) in [4.78, 5) is 4.03. The monoisotopic (exact) mass is 304 g/mol. The summed E-state index contributed by atoms with van der Waals surface area (Å²) in [7, 11) is 0. The smallest absolute Gasteiger partial charge is 0.277 e. The highest BCUT2D eigenvalue weighted by Gasteiger charge is 2.08. The maximum atomic E-state index is 5.59. The summed E-state index contributed by atoms with van der Waals surface area (Å²) in [5.41, 5.74) is 2.06. The van der Waals surface area contributed by atoms with Crippen molar-refractivity contribution in [2.45, 2.75) is 11.0 Å². The standard InChI is InChI=1S/C14H11N3OS.ClH/c1-2-5-11(6-3-1)10-19-14-17-16-13(18-14)12-7-4-8-15-9-12;/h1-9H,10H2;1H/p-1. The molecule has 0 aliphatic carbocycles. The summed E-state index contributed by atoms with van der Waals surface area (Å²) >= 11 is 1.53. The predicted molar refractivity (Wildman–Crippen MR) is 73.5 cm³/mol. The van der Waals surface area contributed by atoms with Crippen LogP contribution >= 0.6 is 11.8 Å². The van der Waals surface area contributed by atoms with Gasteiger partial charge in [0.1, 0.15) is 0 Å². The van der Waals surface area contributed by atoms with Crippen LogP contribution in [0.2, 0.25) is 0 Å². The van der Waals surface area contributed by atoms with E-state index in [0.717, 1.165) is 11.3 Å². The normalized spacial score (nSPS) is 10.0. The number of nitrogens with zero attached hydrogens (tertiary/aromatic N) is 3. The van der Waals surface area contributed by atoms with Gasteiger partial charge in [-0.1, -0.05) is 42.1 Å². The van der Waals surface area contributed by atoms with Crippen LogP contribution in [0.5, 0.6) is 0 Å². The molecule has 1 aromatic carbocycles. The van der Waals surface area contributed by atoms with Crippen molar-refractivity contribution in [3.8, 4) is 11.5 Å².